The minimum atomic E-state index is 0. The largest absolute Gasteiger partial charge is 0.574 e. The van der Waals surface area contributed by atoms with Crippen LogP contribution in [0.5, 0.6) is 0 Å². The van der Waals surface area contributed by atoms with Gasteiger partial charge in [0.1, 0.15) is 0 Å². The smallest absolute Gasteiger partial charge is 0.241 e. The van der Waals surface area contributed by atoms with Crippen molar-refractivity contribution >= 4 is 0 Å². The summed E-state index contributed by atoms with van der Waals surface area (Å²) in [4.78, 5) is 4.12. The van der Waals surface area contributed by atoms with Gasteiger partial charge in [-0.05, 0) is 39.8 Å². The molecule has 8 heteroatoms. The predicted molar refractivity (Wildman–Crippen MR) is 158 cm³/mol. The summed E-state index contributed by atoms with van der Waals surface area (Å²) >= 11 is 0. The summed E-state index contributed by atoms with van der Waals surface area (Å²) in [7, 11) is 4.02. The number of hydrogen-bond donors (Lipinski definition) is 0. The number of imidazole rings is 2. The number of nitrogens with zero attached hydrogens (tertiary/aromatic N) is 7. The first-order valence-corrected chi connectivity index (χ1v) is 13.4. The molecule has 6 aromatic rings. The third-order valence-corrected chi connectivity index (χ3v) is 6.98. The number of aryl methyl sites for hydroxylation is 4. The molecule has 1 radical (unpaired) electrons. The zero-order valence-electron chi connectivity index (χ0n) is 25.4. The Morgan fingerprint density at radius 2 is 1.21 bits per heavy atom. The zero-order chi connectivity index (χ0) is 29.5. The third-order valence-electron chi connectivity index (χ3n) is 6.98. The Hall–Kier alpha value is -4.13. The summed E-state index contributed by atoms with van der Waals surface area (Å²) in [6.45, 7) is 12.6. The quantitative estimate of drug-likeness (QED) is 0.195. The van der Waals surface area contributed by atoms with Gasteiger partial charge in [-0.2, -0.15) is 59.7 Å². The summed E-state index contributed by atoms with van der Waals surface area (Å²) in [5, 5.41) is 7.58. The molecule has 0 saturated heterocycles. The second kappa shape index (κ2) is 14.7. The second-order valence-electron chi connectivity index (χ2n) is 9.96. The Labute approximate surface area is 262 Å². The number of benzene rings is 2. The van der Waals surface area contributed by atoms with Crippen molar-refractivity contribution in [3.8, 4) is 22.8 Å². The molecule has 0 aliphatic rings. The van der Waals surface area contributed by atoms with Gasteiger partial charge < -0.3 is 28.5 Å². The van der Waals surface area contributed by atoms with Gasteiger partial charge in [0.05, 0.1) is 14.1 Å². The summed E-state index contributed by atoms with van der Waals surface area (Å²) in [5.41, 5.74) is 11.1. The van der Waals surface area contributed by atoms with E-state index in [1.807, 2.05) is 68.8 Å². The van der Waals surface area contributed by atoms with Crippen molar-refractivity contribution < 1.29 is 29.2 Å². The maximum absolute atomic E-state index is 4.12. The number of rotatable bonds is 3. The Kier molecular flexibility index (Phi) is 11.3. The van der Waals surface area contributed by atoms with Crippen LogP contribution in [0.3, 0.4) is 0 Å². The van der Waals surface area contributed by atoms with Crippen LogP contribution in [0.25, 0.3) is 22.8 Å². The summed E-state index contributed by atoms with van der Waals surface area (Å²) in [6, 6.07) is 26.2. The molecule has 0 spiro atoms. The van der Waals surface area contributed by atoms with Crippen LogP contribution in [0.4, 0.5) is 0 Å². The second-order valence-corrected chi connectivity index (χ2v) is 9.96. The van der Waals surface area contributed by atoms with Gasteiger partial charge in [-0.25, -0.2) is 0 Å². The van der Waals surface area contributed by atoms with Gasteiger partial charge in [0.2, 0.25) is 12.7 Å². The molecule has 0 aliphatic heterocycles. The van der Waals surface area contributed by atoms with Gasteiger partial charge in [0, 0.05) is 61.0 Å². The molecule has 219 valence electrons. The van der Waals surface area contributed by atoms with Gasteiger partial charge in [0.15, 0.2) is 0 Å². The van der Waals surface area contributed by atoms with Crippen LogP contribution in [-0.4, -0.2) is 19.2 Å². The average Bonchev–Trinajstić information content (AvgIpc) is 3.67. The molecule has 4 aromatic heterocycles. The normalized spacial score (nSPS) is 10.2. The Balaban J connectivity index is 0.000000173. The van der Waals surface area contributed by atoms with E-state index < -0.39 is 0 Å². The molecule has 0 amide bonds. The molecule has 0 saturated carbocycles. The first-order valence-electron chi connectivity index (χ1n) is 13.4. The molecule has 6 rings (SSSR count). The molecular formula is C34H36IrN7-3. The number of hydrogen-bond acceptors (Lipinski definition) is 2. The van der Waals surface area contributed by atoms with Crippen molar-refractivity contribution in [2.75, 3.05) is 0 Å². The van der Waals surface area contributed by atoms with Crippen molar-refractivity contribution in [1.29, 1.82) is 0 Å². The van der Waals surface area contributed by atoms with Gasteiger partial charge in [-0.1, -0.05) is 43.0 Å². The van der Waals surface area contributed by atoms with E-state index in [4.69, 9.17) is 0 Å². The fourth-order valence-electron chi connectivity index (χ4n) is 4.15. The minimum Gasteiger partial charge on any atom is -0.574 e. The van der Waals surface area contributed by atoms with Crippen molar-refractivity contribution in [3.63, 3.8) is 0 Å². The Morgan fingerprint density at radius 1 is 0.690 bits per heavy atom. The number of pyridine rings is 1. The van der Waals surface area contributed by atoms with Crippen molar-refractivity contribution in [3.05, 3.63) is 132 Å². The Bertz CT molecular complexity index is 1620. The molecule has 2 aromatic carbocycles. The molecule has 42 heavy (non-hydrogen) atoms. The van der Waals surface area contributed by atoms with E-state index in [2.05, 4.69) is 106 Å². The summed E-state index contributed by atoms with van der Waals surface area (Å²) < 4.78 is 8.10. The first kappa shape index (κ1) is 32.4. The topological polar surface area (TPSA) is 57.5 Å². The van der Waals surface area contributed by atoms with Gasteiger partial charge in [0.25, 0.3) is 0 Å². The van der Waals surface area contributed by atoms with Gasteiger partial charge >= 0.3 is 0 Å². The van der Waals surface area contributed by atoms with Crippen molar-refractivity contribution in [2.24, 2.45) is 14.1 Å². The van der Waals surface area contributed by atoms with Gasteiger partial charge in [-0.15, -0.1) is 0 Å². The van der Waals surface area contributed by atoms with E-state index in [1.54, 1.807) is 12.4 Å². The van der Waals surface area contributed by atoms with E-state index in [9.17, 15) is 0 Å². The fraction of sp³-hybridized carbons (Fsp3) is 0.235. The molecule has 0 bridgehead atoms. The monoisotopic (exact) mass is 735 g/mol. The van der Waals surface area contributed by atoms with E-state index in [0.717, 1.165) is 22.8 Å². The van der Waals surface area contributed by atoms with Crippen LogP contribution in [0.2, 0.25) is 0 Å². The first-order chi connectivity index (χ1) is 19.7. The van der Waals surface area contributed by atoms with Crippen molar-refractivity contribution in [2.45, 2.75) is 41.5 Å². The fourth-order valence-corrected chi connectivity index (χ4v) is 4.15. The summed E-state index contributed by atoms with van der Waals surface area (Å²) in [5.74, 6) is 0. The minimum absolute atomic E-state index is 0. The van der Waals surface area contributed by atoms with Crippen molar-refractivity contribution in [1.82, 2.24) is 24.3 Å². The van der Waals surface area contributed by atoms with E-state index >= 15 is 0 Å². The van der Waals surface area contributed by atoms with Crippen LogP contribution in [0.1, 0.15) is 33.9 Å². The van der Waals surface area contributed by atoms with Crippen LogP contribution in [-0.2, 0) is 34.2 Å². The maximum Gasteiger partial charge on any atom is 0.241 e. The molecule has 0 fully saturated rings. The molecule has 0 atom stereocenters. The van der Waals surface area contributed by atoms with Gasteiger partial charge in [-0.3, -0.25) is 4.98 Å². The zero-order valence-corrected chi connectivity index (χ0v) is 27.8. The summed E-state index contributed by atoms with van der Waals surface area (Å²) in [6.07, 6.45) is 9.91. The molecule has 0 N–H and O–H groups in total. The third kappa shape index (κ3) is 7.78. The van der Waals surface area contributed by atoms with Crippen LogP contribution < -0.4 is 14.2 Å². The Morgan fingerprint density at radius 3 is 1.57 bits per heavy atom. The van der Waals surface area contributed by atoms with E-state index in [1.165, 1.54) is 33.9 Å². The molecular weight excluding hydrogens is 699 g/mol. The van der Waals surface area contributed by atoms with Crippen LogP contribution in [0.15, 0.2) is 73.1 Å². The molecule has 0 unspecified atom stereocenters. The number of aromatic nitrogens is 7. The molecule has 0 aliphatic carbocycles. The molecule has 7 nitrogen and oxygen atoms in total. The van der Waals surface area contributed by atoms with Crippen LogP contribution in [0, 0.1) is 66.3 Å². The van der Waals surface area contributed by atoms with Crippen LogP contribution >= 0.6 is 0 Å². The standard InChI is InChI=1S/2C13H15N2.C8H6N3.Ir/c2*1-10-6-5-7-13(8-10)15-9-14(4)11(2)12(15)3;1-2-5-9-7(3-1)8-4-6-10-11-8;/h2*5-6,8H,1-4H3;1-6H;/q3*-1;. The SMILES string of the molecule is Cc1cc[c-]c(-n2[c-][n+](C)c(C)c2C)c1.Cc1cc[c-]c(-n2[c-][n+](C)c(C)c2C)c1.[Ir].c1ccc(-c2ccn[n-]2)nc1. The molecule has 4 heterocycles. The maximum atomic E-state index is 4.12. The van der Waals surface area contributed by atoms with E-state index in [0.29, 0.717) is 0 Å². The average molecular weight is 735 g/mol. The van der Waals surface area contributed by atoms with E-state index in [-0.39, 0.29) is 20.1 Å². The predicted octanol–water partition coefficient (Wildman–Crippen LogP) is 4.75.